The van der Waals surface area contributed by atoms with Gasteiger partial charge < -0.3 is 15.5 Å². The maximum absolute atomic E-state index is 11.6. The molecule has 1 saturated heterocycles. The van der Waals surface area contributed by atoms with Crippen molar-refractivity contribution in [2.75, 3.05) is 33.2 Å². The summed E-state index contributed by atoms with van der Waals surface area (Å²) >= 11 is 0. The van der Waals surface area contributed by atoms with Crippen LogP contribution in [0.4, 0.5) is 0 Å². The van der Waals surface area contributed by atoms with Gasteiger partial charge in [-0.05, 0) is 50.4 Å². The fourth-order valence-electron chi connectivity index (χ4n) is 4.13. The third-order valence-corrected chi connectivity index (χ3v) is 5.98. The Morgan fingerprint density at radius 1 is 1.21 bits per heavy atom. The van der Waals surface area contributed by atoms with Gasteiger partial charge in [0.2, 0.25) is 5.91 Å². The molecule has 0 bridgehead atoms. The van der Waals surface area contributed by atoms with Gasteiger partial charge >= 0.3 is 0 Å². The van der Waals surface area contributed by atoms with Gasteiger partial charge in [0.15, 0.2) is 5.96 Å². The summed E-state index contributed by atoms with van der Waals surface area (Å²) in [6.07, 6.45) is 9.46. The minimum absolute atomic E-state index is 0.167. The topological polar surface area (TPSA) is 56.7 Å². The van der Waals surface area contributed by atoms with E-state index >= 15 is 0 Å². The molecule has 0 unspecified atom stereocenters. The molecule has 1 heterocycles. The number of aliphatic imine (C=N–C) groups is 1. The number of hydrogen-bond acceptors (Lipinski definition) is 2. The van der Waals surface area contributed by atoms with Crippen LogP contribution in [0.15, 0.2) is 4.99 Å². The molecule has 138 valence electrons. The Hall–Kier alpha value is -1.26. The van der Waals surface area contributed by atoms with E-state index in [4.69, 9.17) is 4.99 Å². The smallest absolute Gasteiger partial charge is 0.220 e. The summed E-state index contributed by atoms with van der Waals surface area (Å²) in [4.78, 5) is 19.0. The lowest BCUT2D eigenvalue weighted by Gasteiger charge is -2.35. The Morgan fingerprint density at radius 2 is 1.88 bits per heavy atom. The van der Waals surface area contributed by atoms with E-state index in [2.05, 4.69) is 29.4 Å². The van der Waals surface area contributed by atoms with Crippen molar-refractivity contribution in [3.63, 3.8) is 0 Å². The maximum atomic E-state index is 11.6. The summed E-state index contributed by atoms with van der Waals surface area (Å²) in [6.45, 7) is 8.34. The minimum Gasteiger partial charge on any atom is -0.359 e. The molecule has 5 nitrogen and oxygen atoms in total. The fraction of sp³-hybridized carbons (Fsp3) is 0.895. The molecule has 24 heavy (non-hydrogen) atoms. The summed E-state index contributed by atoms with van der Waals surface area (Å²) in [5.74, 6) is 1.76. The average Bonchev–Trinajstić information content (AvgIpc) is 3.09. The molecule has 2 fully saturated rings. The van der Waals surface area contributed by atoms with Crippen LogP contribution in [0, 0.1) is 11.3 Å². The number of piperidine rings is 1. The van der Waals surface area contributed by atoms with Crippen LogP contribution in [-0.2, 0) is 4.79 Å². The monoisotopic (exact) mass is 336 g/mol. The van der Waals surface area contributed by atoms with Crippen molar-refractivity contribution in [3.8, 4) is 0 Å². The molecule has 0 atom stereocenters. The van der Waals surface area contributed by atoms with Gasteiger partial charge in [-0.1, -0.05) is 19.8 Å². The summed E-state index contributed by atoms with van der Waals surface area (Å²) in [5, 5.41) is 6.22. The van der Waals surface area contributed by atoms with E-state index in [-0.39, 0.29) is 5.91 Å². The molecule has 2 N–H and O–H groups in total. The van der Waals surface area contributed by atoms with E-state index in [9.17, 15) is 4.79 Å². The highest BCUT2D eigenvalue weighted by Gasteiger charge is 2.32. The van der Waals surface area contributed by atoms with E-state index in [1.54, 1.807) is 7.05 Å². The van der Waals surface area contributed by atoms with Gasteiger partial charge in [0.05, 0.1) is 0 Å². The van der Waals surface area contributed by atoms with Crippen LogP contribution in [0.25, 0.3) is 0 Å². The zero-order valence-electron chi connectivity index (χ0n) is 15.9. The lowest BCUT2D eigenvalue weighted by molar-refractivity contribution is -0.121. The number of carbonyl (C=O) groups is 1. The minimum atomic E-state index is 0.167. The first-order valence-corrected chi connectivity index (χ1v) is 9.86. The number of hydrogen-bond donors (Lipinski definition) is 2. The highest BCUT2D eigenvalue weighted by molar-refractivity contribution is 5.80. The Balaban J connectivity index is 1.91. The standard InChI is InChI=1S/C19H36N4O/c1-4-19(10-6-7-11-19)15-22-18(21-5-2)23-12-8-16(9-13-23)14-17(24)20-3/h16H,4-15H2,1-3H3,(H,20,24)(H,21,22). The number of nitrogens with zero attached hydrogens (tertiary/aromatic N) is 2. The largest absolute Gasteiger partial charge is 0.359 e. The Morgan fingerprint density at radius 3 is 2.42 bits per heavy atom. The zero-order chi connectivity index (χ0) is 17.4. The first-order valence-electron chi connectivity index (χ1n) is 9.86. The highest BCUT2D eigenvalue weighted by atomic mass is 16.1. The van der Waals surface area contributed by atoms with E-state index in [0.717, 1.165) is 45.0 Å². The third-order valence-electron chi connectivity index (χ3n) is 5.98. The van der Waals surface area contributed by atoms with E-state index in [1.807, 2.05) is 0 Å². The van der Waals surface area contributed by atoms with Gasteiger partial charge in [0, 0.05) is 39.6 Å². The molecule has 5 heteroatoms. The predicted molar refractivity (Wildman–Crippen MR) is 100 cm³/mol. The van der Waals surface area contributed by atoms with Crippen LogP contribution < -0.4 is 10.6 Å². The van der Waals surface area contributed by atoms with Crippen molar-refractivity contribution in [1.82, 2.24) is 15.5 Å². The molecule has 0 spiro atoms. The summed E-state index contributed by atoms with van der Waals surface area (Å²) < 4.78 is 0. The Labute approximate surface area is 147 Å². The first-order chi connectivity index (χ1) is 11.6. The molecule has 1 aliphatic carbocycles. The van der Waals surface area contributed by atoms with Crippen molar-refractivity contribution in [3.05, 3.63) is 0 Å². The lowest BCUT2D eigenvalue weighted by atomic mass is 9.83. The summed E-state index contributed by atoms with van der Waals surface area (Å²) in [5.41, 5.74) is 0.443. The number of nitrogens with one attached hydrogen (secondary N) is 2. The van der Waals surface area contributed by atoms with Crippen LogP contribution in [0.2, 0.25) is 0 Å². The van der Waals surface area contributed by atoms with Crippen LogP contribution in [0.5, 0.6) is 0 Å². The van der Waals surface area contributed by atoms with Gasteiger partial charge in [-0.15, -0.1) is 0 Å². The highest BCUT2D eigenvalue weighted by Crippen LogP contribution is 2.41. The molecule has 2 rings (SSSR count). The molecule has 1 saturated carbocycles. The van der Waals surface area contributed by atoms with Crippen molar-refractivity contribution in [2.45, 2.75) is 65.2 Å². The molecule has 0 aromatic heterocycles. The van der Waals surface area contributed by atoms with Gasteiger partial charge in [-0.25, -0.2) is 0 Å². The van der Waals surface area contributed by atoms with Gasteiger partial charge in [-0.3, -0.25) is 9.79 Å². The van der Waals surface area contributed by atoms with E-state index < -0.39 is 0 Å². The zero-order valence-corrected chi connectivity index (χ0v) is 15.9. The molecule has 0 aromatic carbocycles. The number of likely N-dealkylation sites (tertiary alicyclic amines) is 1. The van der Waals surface area contributed by atoms with Crippen LogP contribution >= 0.6 is 0 Å². The number of amides is 1. The normalized spacial score (nSPS) is 21.8. The Bertz CT molecular complexity index is 421. The lowest BCUT2D eigenvalue weighted by Crippen LogP contribution is -2.46. The quantitative estimate of drug-likeness (QED) is 0.579. The molecule has 1 amide bonds. The summed E-state index contributed by atoms with van der Waals surface area (Å²) in [6, 6.07) is 0. The second kappa shape index (κ2) is 9.28. The molecule has 2 aliphatic rings. The maximum Gasteiger partial charge on any atom is 0.220 e. The van der Waals surface area contributed by atoms with Crippen molar-refractivity contribution in [1.29, 1.82) is 0 Å². The predicted octanol–water partition coefficient (Wildman–Crippen LogP) is 2.77. The van der Waals surface area contributed by atoms with Crippen LogP contribution in [0.3, 0.4) is 0 Å². The number of guanidine groups is 1. The molecule has 0 aromatic rings. The molecular weight excluding hydrogens is 300 g/mol. The van der Waals surface area contributed by atoms with Crippen molar-refractivity contribution >= 4 is 11.9 Å². The number of rotatable bonds is 6. The van der Waals surface area contributed by atoms with E-state index in [1.165, 1.54) is 32.1 Å². The first kappa shape index (κ1) is 19.1. The number of carbonyl (C=O) groups excluding carboxylic acids is 1. The van der Waals surface area contributed by atoms with Crippen molar-refractivity contribution < 1.29 is 4.79 Å². The van der Waals surface area contributed by atoms with Gasteiger partial charge in [0.1, 0.15) is 0 Å². The van der Waals surface area contributed by atoms with E-state index in [0.29, 0.717) is 17.8 Å². The SMILES string of the molecule is CCNC(=NCC1(CC)CCCC1)N1CCC(CC(=O)NC)CC1. The van der Waals surface area contributed by atoms with Gasteiger partial charge in [-0.2, -0.15) is 0 Å². The van der Waals surface area contributed by atoms with Crippen molar-refractivity contribution in [2.24, 2.45) is 16.3 Å². The molecule has 1 aliphatic heterocycles. The Kier molecular flexibility index (Phi) is 7.38. The molecular formula is C19H36N4O. The second-order valence-corrected chi connectivity index (χ2v) is 7.54. The second-order valence-electron chi connectivity index (χ2n) is 7.54. The van der Waals surface area contributed by atoms with Crippen LogP contribution in [-0.4, -0.2) is 50.0 Å². The van der Waals surface area contributed by atoms with Gasteiger partial charge in [0.25, 0.3) is 0 Å². The van der Waals surface area contributed by atoms with Crippen LogP contribution in [0.1, 0.15) is 65.2 Å². The third kappa shape index (κ3) is 5.12. The average molecular weight is 337 g/mol. The molecule has 0 radical (unpaired) electrons. The summed E-state index contributed by atoms with van der Waals surface area (Å²) in [7, 11) is 1.72. The fourth-order valence-corrected chi connectivity index (χ4v) is 4.13.